The normalized spacial score (nSPS) is 15.0. The fourth-order valence-electron chi connectivity index (χ4n) is 3.19. The maximum atomic E-state index is 11.7. The third-order valence-electron chi connectivity index (χ3n) is 4.96. The van der Waals surface area contributed by atoms with Gasteiger partial charge in [-0.2, -0.15) is 0 Å². The lowest BCUT2D eigenvalue weighted by molar-refractivity contribution is -0.146. The van der Waals surface area contributed by atoms with Gasteiger partial charge in [-0.15, -0.1) is 0 Å². The van der Waals surface area contributed by atoms with E-state index in [1.54, 1.807) is 0 Å². The molecule has 26 heavy (non-hydrogen) atoms. The van der Waals surface area contributed by atoms with Crippen LogP contribution in [0.3, 0.4) is 0 Å². The highest BCUT2D eigenvalue weighted by molar-refractivity contribution is 5.79. The first-order valence-corrected chi connectivity index (χ1v) is 8.77. The van der Waals surface area contributed by atoms with Gasteiger partial charge < -0.3 is 20.7 Å². The first-order chi connectivity index (χ1) is 12.5. The van der Waals surface area contributed by atoms with Crippen molar-refractivity contribution in [3.63, 3.8) is 0 Å². The van der Waals surface area contributed by atoms with E-state index in [1.807, 2.05) is 6.07 Å². The third-order valence-corrected chi connectivity index (χ3v) is 4.96. The molecule has 1 aromatic heterocycles. The quantitative estimate of drug-likeness (QED) is 0.815. The van der Waals surface area contributed by atoms with Gasteiger partial charge in [-0.3, -0.25) is 4.79 Å². The van der Waals surface area contributed by atoms with Crippen LogP contribution in [-0.4, -0.2) is 36.1 Å². The number of carbonyl (C=O) groups excluding carboxylic acids is 1. The second kappa shape index (κ2) is 7.59. The van der Waals surface area contributed by atoms with Crippen LogP contribution in [0.4, 0.5) is 23.0 Å². The zero-order chi connectivity index (χ0) is 18.7. The van der Waals surface area contributed by atoms with Crippen molar-refractivity contribution in [3.05, 3.63) is 35.7 Å². The summed E-state index contributed by atoms with van der Waals surface area (Å²) in [4.78, 5) is 22.4. The predicted octanol–water partition coefficient (Wildman–Crippen LogP) is 2.81. The van der Waals surface area contributed by atoms with Gasteiger partial charge in [0.1, 0.15) is 12.0 Å². The summed E-state index contributed by atoms with van der Waals surface area (Å²) < 4.78 is 4.84. The number of benzene rings is 1. The minimum atomic E-state index is -0.141. The van der Waals surface area contributed by atoms with Crippen molar-refractivity contribution in [1.82, 2.24) is 9.97 Å². The molecule has 0 atom stereocenters. The number of piperidine rings is 1. The summed E-state index contributed by atoms with van der Waals surface area (Å²) in [5.74, 6) is 1.10. The van der Waals surface area contributed by atoms with Crippen molar-refractivity contribution in [2.75, 3.05) is 36.1 Å². The molecular weight excluding hydrogens is 330 g/mol. The van der Waals surface area contributed by atoms with E-state index in [4.69, 9.17) is 10.5 Å². The van der Waals surface area contributed by atoms with E-state index in [2.05, 4.69) is 46.2 Å². The molecule has 138 valence electrons. The van der Waals surface area contributed by atoms with Gasteiger partial charge in [0.15, 0.2) is 11.6 Å². The number of nitrogens with two attached hydrogens (primary N) is 1. The van der Waals surface area contributed by atoms with Gasteiger partial charge in [0.05, 0.1) is 13.0 Å². The largest absolute Gasteiger partial charge is 0.469 e. The topological polar surface area (TPSA) is 93.4 Å². The number of nitrogens with zero attached hydrogens (tertiary/aromatic N) is 3. The summed E-state index contributed by atoms with van der Waals surface area (Å²) >= 11 is 0. The number of hydrogen-bond acceptors (Lipinski definition) is 7. The average molecular weight is 355 g/mol. The van der Waals surface area contributed by atoms with E-state index in [0.29, 0.717) is 30.4 Å². The molecule has 1 aliphatic heterocycles. The van der Waals surface area contributed by atoms with Crippen LogP contribution in [0.15, 0.2) is 24.5 Å². The van der Waals surface area contributed by atoms with E-state index in [-0.39, 0.29) is 11.9 Å². The van der Waals surface area contributed by atoms with Crippen molar-refractivity contribution in [1.29, 1.82) is 0 Å². The number of carbonyl (C=O) groups is 1. The van der Waals surface area contributed by atoms with E-state index in [9.17, 15) is 4.79 Å². The molecule has 1 aromatic carbocycles. The SMILES string of the molecule is COC(=O)C1CCN(c2ncnc(Nc3ccc(C)c(C)c3)c2N)CC1. The lowest BCUT2D eigenvalue weighted by atomic mass is 9.97. The van der Waals surface area contributed by atoms with Gasteiger partial charge in [-0.1, -0.05) is 6.07 Å². The van der Waals surface area contributed by atoms with Crippen LogP contribution < -0.4 is 16.0 Å². The number of nitrogen functional groups attached to an aromatic ring is 1. The van der Waals surface area contributed by atoms with Crippen molar-refractivity contribution in [3.8, 4) is 0 Å². The van der Waals surface area contributed by atoms with Crippen LogP contribution in [0.25, 0.3) is 0 Å². The van der Waals surface area contributed by atoms with Crippen molar-refractivity contribution < 1.29 is 9.53 Å². The first kappa shape index (κ1) is 18.0. The monoisotopic (exact) mass is 355 g/mol. The Labute approximate surface area is 153 Å². The molecule has 0 radical (unpaired) electrons. The number of anilines is 4. The molecule has 0 unspecified atom stereocenters. The third kappa shape index (κ3) is 3.71. The number of ether oxygens (including phenoxy) is 1. The Morgan fingerprint density at radius 1 is 1.23 bits per heavy atom. The minimum Gasteiger partial charge on any atom is -0.469 e. The molecule has 3 N–H and O–H groups in total. The highest BCUT2D eigenvalue weighted by Crippen LogP contribution is 2.31. The van der Waals surface area contributed by atoms with Crippen LogP contribution >= 0.6 is 0 Å². The standard InChI is InChI=1S/C19H25N5O2/c1-12-4-5-15(10-13(12)2)23-17-16(20)18(22-11-21-17)24-8-6-14(7-9-24)19(25)26-3/h4-5,10-11,14H,6-9,20H2,1-3H3,(H,21,22,23). The molecule has 1 saturated heterocycles. The van der Waals surface area contributed by atoms with Crippen molar-refractivity contribution in [2.24, 2.45) is 5.92 Å². The Morgan fingerprint density at radius 2 is 1.96 bits per heavy atom. The summed E-state index contributed by atoms with van der Waals surface area (Å²) in [6.07, 6.45) is 2.98. The fraction of sp³-hybridized carbons (Fsp3) is 0.421. The second-order valence-corrected chi connectivity index (χ2v) is 6.67. The number of rotatable bonds is 4. The maximum Gasteiger partial charge on any atom is 0.308 e. The molecule has 1 fully saturated rings. The van der Waals surface area contributed by atoms with Crippen LogP contribution in [0, 0.1) is 19.8 Å². The van der Waals surface area contributed by atoms with Crippen LogP contribution in [0.1, 0.15) is 24.0 Å². The lowest BCUT2D eigenvalue weighted by Gasteiger charge is -2.32. The van der Waals surface area contributed by atoms with Crippen LogP contribution in [-0.2, 0) is 9.53 Å². The average Bonchev–Trinajstić information content (AvgIpc) is 2.66. The molecule has 0 aliphatic carbocycles. The Morgan fingerprint density at radius 3 is 2.62 bits per heavy atom. The van der Waals surface area contributed by atoms with Crippen LogP contribution in [0.5, 0.6) is 0 Å². The van der Waals surface area contributed by atoms with Gasteiger partial charge >= 0.3 is 5.97 Å². The summed E-state index contributed by atoms with van der Waals surface area (Å²) in [5.41, 5.74) is 10.2. The smallest absolute Gasteiger partial charge is 0.308 e. The number of methoxy groups -OCH3 is 1. The summed E-state index contributed by atoms with van der Waals surface area (Å²) in [7, 11) is 1.43. The van der Waals surface area contributed by atoms with Crippen LogP contribution in [0.2, 0.25) is 0 Å². The molecule has 3 rings (SSSR count). The second-order valence-electron chi connectivity index (χ2n) is 6.67. The van der Waals surface area contributed by atoms with E-state index in [0.717, 1.165) is 18.5 Å². The maximum absolute atomic E-state index is 11.7. The number of hydrogen-bond donors (Lipinski definition) is 2. The highest BCUT2D eigenvalue weighted by atomic mass is 16.5. The molecule has 0 saturated carbocycles. The molecule has 1 aliphatic rings. The van der Waals surface area contributed by atoms with E-state index < -0.39 is 0 Å². The van der Waals surface area contributed by atoms with Gasteiger partial charge in [-0.25, -0.2) is 9.97 Å². The molecule has 7 heteroatoms. The summed E-state index contributed by atoms with van der Waals surface area (Å²) in [6.45, 7) is 5.57. The van der Waals surface area contributed by atoms with Gasteiger partial charge in [0, 0.05) is 18.8 Å². The highest BCUT2D eigenvalue weighted by Gasteiger charge is 2.27. The minimum absolute atomic E-state index is 0.0487. The van der Waals surface area contributed by atoms with E-state index >= 15 is 0 Å². The summed E-state index contributed by atoms with van der Waals surface area (Å²) in [6, 6.07) is 6.14. The summed E-state index contributed by atoms with van der Waals surface area (Å²) in [5, 5.41) is 3.28. The van der Waals surface area contributed by atoms with E-state index in [1.165, 1.54) is 24.6 Å². The number of aromatic nitrogens is 2. The number of nitrogens with one attached hydrogen (secondary N) is 1. The van der Waals surface area contributed by atoms with Gasteiger partial charge in [0.25, 0.3) is 0 Å². The molecule has 0 amide bonds. The molecule has 0 bridgehead atoms. The molecule has 2 aromatic rings. The molecular formula is C19H25N5O2. The zero-order valence-corrected chi connectivity index (χ0v) is 15.5. The van der Waals surface area contributed by atoms with Gasteiger partial charge in [-0.05, 0) is 49.9 Å². The molecule has 0 spiro atoms. The Hall–Kier alpha value is -2.83. The van der Waals surface area contributed by atoms with Gasteiger partial charge in [0.2, 0.25) is 0 Å². The Kier molecular flexibility index (Phi) is 5.25. The Bertz CT molecular complexity index is 801. The number of aryl methyl sites for hydroxylation is 2. The zero-order valence-electron chi connectivity index (χ0n) is 15.5. The van der Waals surface area contributed by atoms with Crippen molar-refractivity contribution >= 4 is 29.0 Å². The fourth-order valence-corrected chi connectivity index (χ4v) is 3.19. The Balaban J connectivity index is 1.75. The number of esters is 1. The lowest BCUT2D eigenvalue weighted by Crippen LogP contribution is -2.37. The van der Waals surface area contributed by atoms with Crippen molar-refractivity contribution in [2.45, 2.75) is 26.7 Å². The molecule has 7 nitrogen and oxygen atoms in total. The predicted molar refractivity (Wildman–Crippen MR) is 103 cm³/mol. The molecule has 2 heterocycles. The first-order valence-electron chi connectivity index (χ1n) is 8.77.